The summed E-state index contributed by atoms with van der Waals surface area (Å²) < 4.78 is 0. The topological polar surface area (TPSA) is 12.0 Å². The van der Waals surface area contributed by atoms with Crippen molar-refractivity contribution in [1.82, 2.24) is 5.32 Å². The van der Waals surface area contributed by atoms with Gasteiger partial charge in [-0.1, -0.05) is 52.9 Å². The zero-order chi connectivity index (χ0) is 9.94. The van der Waals surface area contributed by atoms with Crippen molar-refractivity contribution in [3.8, 4) is 0 Å². The normalized spacial score (nSPS) is 13.2. The lowest BCUT2D eigenvalue weighted by molar-refractivity contribution is 0.458. The van der Waals surface area contributed by atoms with Crippen LogP contribution in [-0.4, -0.2) is 13.1 Å². The van der Waals surface area contributed by atoms with Gasteiger partial charge < -0.3 is 5.32 Å². The van der Waals surface area contributed by atoms with E-state index in [0.717, 1.165) is 12.5 Å². The third-order valence-corrected chi connectivity index (χ3v) is 2.54. The number of nitrogens with one attached hydrogen (secondary N) is 1. The van der Waals surface area contributed by atoms with Crippen LogP contribution in [-0.2, 0) is 0 Å². The Morgan fingerprint density at radius 2 is 1.69 bits per heavy atom. The molecule has 0 heterocycles. The SMILES string of the molecule is CCCCCCCC(C)CNCC. The molecule has 0 bridgehead atoms. The highest BCUT2D eigenvalue weighted by Crippen LogP contribution is 2.10. The van der Waals surface area contributed by atoms with Crippen molar-refractivity contribution in [3.05, 3.63) is 0 Å². The second-order valence-corrected chi connectivity index (χ2v) is 4.12. The first kappa shape index (κ1) is 13.0. The molecule has 0 aromatic rings. The summed E-state index contributed by atoms with van der Waals surface area (Å²) in [5, 5.41) is 3.40. The molecule has 1 heteroatoms. The number of rotatable bonds is 9. The highest BCUT2D eigenvalue weighted by Gasteiger charge is 1.99. The lowest BCUT2D eigenvalue weighted by atomic mass is 10.0. The number of hydrogen-bond donors (Lipinski definition) is 1. The van der Waals surface area contributed by atoms with Crippen LogP contribution in [0.15, 0.2) is 0 Å². The van der Waals surface area contributed by atoms with Crippen LogP contribution in [0.3, 0.4) is 0 Å². The minimum absolute atomic E-state index is 0.863. The van der Waals surface area contributed by atoms with E-state index in [9.17, 15) is 0 Å². The molecule has 1 unspecified atom stereocenters. The Labute approximate surface area is 84.3 Å². The van der Waals surface area contributed by atoms with E-state index in [0.29, 0.717) is 0 Å². The molecule has 13 heavy (non-hydrogen) atoms. The third-order valence-electron chi connectivity index (χ3n) is 2.54. The van der Waals surface area contributed by atoms with Crippen LogP contribution in [0.25, 0.3) is 0 Å². The Hall–Kier alpha value is -0.0400. The Morgan fingerprint density at radius 1 is 1.00 bits per heavy atom. The lowest BCUT2D eigenvalue weighted by Gasteiger charge is -2.10. The molecule has 1 nitrogen and oxygen atoms in total. The largest absolute Gasteiger partial charge is 0.317 e. The first-order chi connectivity index (χ1) is 6.31. The summed E-state index contributed by atoms with van der Waals surface area (Å²) in [7, 11) is 0. The summed E-state index contributed by atoms with van der Waals surface area (Å²) in [4.78, 5) is 0. The van der Waals surface area contributed by atoms with E-state index in [1.54, 1.807) is 0 Å². The van der Waals surface area contributed by atoms with Gasteiger partial charge in [-0.15, -0.1) is 0 Å². The van der Waals surface area contributed by atoms with Crippen molar-refractivity contribution >= 4 is 0 Å². The van der Waals surface area contributed by atoms with Crippen LogP contribution in [0.4, 0.5) is 0 Å². The highest BCUT2D eigenvalue weighted by atomic mass is 14.8. The Kier molecular flexibility index (Phi) is 10.0. The van der Waals surface area contributed by atoms with Crippen molar-refractivity contribution in [2.24, 2.45) is 5.92 Å². The molecule has 0 spiro atoms. The molecule has 0 rings (SSSR count). The van der Waals surface area contributed by atoms with Crippen LogP contribution in [0.5, 0.6) is 0 Å². The monoisotopic (exact) mass is 185 g/mol. The van der Waals surface area contributed by atoms with Gasteiger partial charge in [0.2, 0.25) is 0 Å². The summed E-state index contributed by atoms with van der Waals surface area (Å²) in [6.45, 7) is 9.11. The minimum Gasteiger partial charge on any atom is -0.317 e. The molecule has 0 aromatic carbocycles. The predicted octanol–water partition coefficient (Wildman–Crippen LogP) is 3.59. The van der Waals surface area contributed by atoms with Crippen molar-refractivity contribution in [3.63, 3.8) is 0 Å². The van der Waals surface area contributed by atoms with Crippen LogP contribution >= 0.6 is 0 Å². The van der Waals surface area contributed by atoms with Crippen molar-refractivity contribution in [2.75, 3.05) is 13.1 Å². The van der Waals surface area contributed by atoms with Crippen molar-refractivity contribution in [2.45, 2.75) is 59.3 Å². The number of unbranched alkanes of at least 4 members (excludes halogenated alkanes) is 4. The molecular weight excluding hydrogens is 158 g/mol. The molecule has 0 amide bonds. The summed E-state index contributed by atoms with van der Waals surface area (Å²) >= 11 is 0. The molecule has 0 aromatic heterocycles. The molecule has 0 fully saturated rings. The second-order valence-electron chi connectivity index (χ2n) is 4.12. The van der Waals surface area contributed by atoms with E-state index in [1.807, 2.05) is 0 Å². The smallest absolute Gasteiger partial charge is 0.00233 e. The number of hydrogen-bond acceptors (Lipinski definition) is 1. The van der Waals surface area contributed by atoms with E-state index in [2.05, 4.69) is 26.1 Å². The maximum Gasteiger partial charge on any atom is -0.00233 e. The fraction of sp³-hybridized carbons (Fsp3) is 1.00. The van der Waals surface area contributed by atoms with E-state index < -0.39 is 0 Å². The fourth-order valence-corrected chi connectivity index (χ4v) is 1.59. The zero-order valence-corrected chi connectivity index (χ0v) is 9.73. The van der Waals surface area contributed by atoms with Gasteiger partial charge in [0.15, 0.2) is 0 Å². The maximum absolute atomic E-state index is 3.40. The summed E-state index contributed by atoms with van der Waals surface area (Å²) in [5.41, 5.74) is 0. The minimum atomic E-state index is 0.863. The van der Waals surface area contributed by atoms with Crippen LogP contribution in [0.2, 0.25) is 0 Å². The van der Waals surface area contributed by atoms with Gasteiger partial charge in [0.1, 0.15) is 0 Å². The van der Waals surface area contributed by atoms with E-state index >= 15 is 0 Å². The van der Waals surface area contributed by atoms with Gasteiger partial charge in [-0.2, -0.15) is 0 Å². The molecule has 0 radical (unpaired) electrons. The van der Waals surface area contributed by atoms with Gasteiger partial charge in [0, 0.05) is 0 Å². The van der Waals surface area contributed by atoms with Crippen molar-refractivity contribution < 1.29 is 0 Å². The average molecular weight is 185 g/mol. The fourth-order valence-electron chi connectivity index (χ4n) is 1.59. The first-order valence-electron chi connectivity index (χ1n) is 6.02. The maximum atomic E-state index is 3.40. The quantitative estimate of drug-likeness (QED) is 0.541. The molecule has 0 aliphatic carbocycles. The van der Waals surface area contributed by atoms with E-state index in [1.165, 1.54) is 45.1 Å². The molecule has 0 aliphatic heterocycles. The Balaban J connectivity index is 3.03. The van der Waals surface area contributed by atoms with Gasteiger partial charge in [-0.05, 0) is 25.4 Å². The molecule has 1 N–H and O–H groups in total. The molecule has 0 saturated heterocycles. The second kappa shape index (κ2) is 10.0. The van der Waals surface area contributed by atoms with Gasteiger partial charge in [-0.3, -0.25) is 0 Å². The molecule has 0 aliphatic rings. The van der Waals surface area contributed by atoms with Gasteiger partial charge >= 0.3 is 0 Å². The molecule has 80 valence electrons. The summed E-state index contributed by atoms with van der Waals surface area (Å²) in [6.07, 6.45) is 8.46. The zero-order valence-electron chi connectivity index (χ0n) is 9.73. The molecular formula is C12H27N. The van der Waals surface area contributed by atoms with Crippen molar-refractivity contribution in [1.29, 1.82) is 0 Å². The van der Waals surface area contributed by atoms with E-state index in [4.69, 9.17) is 0 Å². The predicted molar refractivity (Wildman–Crippen MR) is 61.1 cm³/mol. The summed E-state index contributed by atoms with van der Waals surface area (Å²) in [6, 6.07) is 0. The Bertz CT molecular complexity index is 91.1. The summed E-state index contributed by atoms with van der Waals surface area (Å²) in [5.74, 6) is 0.863. The van der Waals surface area contributed by atoms with E-state index in [-0.39, 0.29) is 0 Å². The van der Waals surface area contributed by atoms with Gasteiger partial charge in [0.25, 0.3) is 0 Å². The van der Waals surface area contributed by atoms with Crippen LogP contribution < -0.4 is 5.32 Å². The Morgan fingerprint density at radius 3 is 2.31 bits per heavy atom. The first-order valence-corrected chi connectivity index (χ1v) is 6.02. The lowest BCUT2D eigenvalue weighted by Crippen LogP contribution is -2.20. The van der Waals surface area contributed by atoms with Gasteiger partial charge in [-0.25, -0.2) is 0 Å². The standard InChI is InChI=1S/C12H27N/c1-4-6-7-8-9-10-12(3)11-13-5-2/h12-13H,4-11H2,1-3H3. The molecule has 1 atom stereocenters. The van der Waals surface area contributed by atoms with Crippen LogP contribution in [0, 0.1) is 5.92 Å². The highest BCUT2D eigenvalue weighted by molar-refractivity contribution is 4.56. The molecule has 0 saturated carbocycles. The van der Waals surface area contributed by atoms with Gasteiger partial charge in [0.05, 0.1) is 0 Å². The third kappa shape index (κ3) is 9.88. The van der Waals surface area contributed by atoms with Crippen LogP contribution in [0.1, 0.15) is 59.3 Å². The average Bonchev–Trinajstić information content (AvgIpc) is 2.14.